The molecule has 0 radical (unpaired) electrons. The lowest BCUT2D eigenvalue weighted by Crippen LogP contribution is -2.20. The molecular formula is C25H25BrN2O3. The van der Waals surface area contributed by atoms with Crippen molar-refractivity contribution in [1.82, 2.24) is 0 Å². The van der Waals surface area contributed by atoms with E-state index < -0.39 is 0 Å². The van der Waals surface area contributed by atoms with Crippen LogP contribution in [0.25, 0.3) is 0 Å². The van der Waals surface area contributed by atoms with Crippen LogP contribution in [0.3, 0.4) is 0 Å². The highest BCUT2D eigenvalue weighted by Crippen LogP contribution is 2.31. The number of carbonyl (C=O) groups is 2. The molecule has 3 aromatic carbocycles. The van der Waals surface area contributed by atoms with Crippen LogP contribution in [0.5, 0.6) is 5.75 Å². The fraction of sp³-hybridized carbons (Fsp3) is 0.200. The minimum absolute atomic E-state index is 0.0272. The second kappa shape index (κ2) is 9.79. The van der Waals surface area contributed by atoms with Crippen molar-refractivity contribution < 1.29 is 14.3 Å². The summed E-state index contributed by atoms with van der Waals surface area (Å²) in [4.78, 5) is 24.6. The van der Waals surface area contributed by atoms with Crippen LogP contribution in [0, 0.1) is 0 Å². The molecule has 0 spiro atoms. The van der Waals surface area contributed by atoms with Gasteiger partial charge in [-0.25, -0.2) is 0 Å². The molecule has 6 heteroatoms. The van der Waals surface area contributed by atoms with Gasteiger partial charge in [0, 0.05) is 16.9 Å². The van der Waals surface area contributed by atoms with Crippen molar-refractivity contribution in [3.63, 3.8) is 0 Å². The van der Waals surface area contributed by atoms with Gasteiger partial charge < -0.3 is 15.4 Å². The standard InChI is InChI=1S/C25H25BrN2O3/c1-25(2,3)18-12-13-22(21(26)14-18)31-16-23(29)27-19-10-7-11-20(15-19)28-24(30)17-8-5-4-6-9-17/h4-15H,16H2,1-3H3,(H,27,29)(H,28,30). The molecule has 0 bridgehead atoms. The van der Waals surface area contributed by atoms with E-state index in [4.69, 9.17) is 4.74 Å². The van der Waals surface area contributed by atoms with Crippen LogP contribution < -0.4 is 15.4 Å². The van der Waals surface area contributed by atoms with Crippen LogP contribution in [0.2, 0.25) is 0 Å². The molecule has 2 N–H and O–H groups in total. The summed E-state index contributed by atoms with van der Waals surface area (Å²) in [6.45, 7) is 6.28. The van der Waals surface area contributed by atoms with E-state index in [0.717, 1.165) is 4.47 Å². The summed E-state index contributed by atoms with van der Waals surface area (Å²) in [5, 5.41) is 5.62. The largest absolute Gasteiger partial charge is 0.483 e. The molecule has 0 aliphatic heterocycles. The predicted molar refractivity (Wildman–Crippen MR) is 128 cm³/mol. The van der Waals surface area contributed by atoms with Gasteiger partial charge in [-0.15, -0.1) is 0 Å². The predicted octanol–water partition coefficient (Wildman–Crippen LogP) is 6.02. The monoisotopic (exact) mass is 480 g/mol. The lowest BCUT2D eigenvalue weighted by atomic mass is 9.87. The number of halogens is 1. The molecule has 0 fully saturated rings. The number of ether oxygens (including phenoxy) is 1. The van der Waals surface area contributed by atoms with Crippen molar-refractivity contribution >= 4 is 39.1 Å². The first kappa shape index (κ1) is 22.6. The summed E-state index contributed by atoms with van der Waals surface area (Å²) in [5.74, 6) is 0.0984. The van der Waals surface area contributed by atoms with Crippen molar-refractivity contribution in [1.29, 1.82) is 0 Å². The highest BCUT2D eigenvalue weighted by molar-refractivity contribution is 9.10. The van der Waals surface area contributed by atoms with E-state index in [1.54, 1.807) is 48.5 Å². The Morgan fingerprint density at radius 2 is 1.55 bits per heavy atom. The van der Waals surface area contributed by atoms with Gasteiger partial charge in [-0.3, -0.25) is 9.59 Å². The number of hydrogen-bond donors (Lipinski definition) is 2. The van der Waals surface area contributed by atoms with E-state index in [-0.39, 0.29) is 23.8 Å². The minimum Gasteiger partial charge on any atom is -0.483 e. The van der Waals surface area contributed by atoms with Crippen LogP contribution in [0.15, 0.2) is 77.3 Å². The maximum atomic E-state index is 12.3. The molecule has 3 rings (SSSR count). The van der Waals surface area contributed by atoms with E-state index in [1.807, 2.05) is 24.3 Å². The van der Waals surface area contributed by atoms with Gasteiger partial charge >= 0.3 is 0 Å². The summed E-state index contributed by atoms with van der Waals surface area (Å²) < 4.78 is 6.47. The van der Waals surface area contributed by atoms with Crippen molar-refractivity contribution in [2.75, 3.05) is 17.2 Å². The van der Waals surface area contributed by atoms with Gasteiger partial charge in [0.15, 0.2) is 6.61 Å². The SMILES string of the molecule is CC(C)(C)c1ccc(OCC(=O)Nc2cccc(NC(=O)c3ccccc3)c2)c(Br)c1. The first-order valence-corrected chi connectivity index (χ1v) is 10.7. The van der Waals surface area contributed by atoms with E-state index in [0.29, 0.717) is 22.7 Å². The van der Waals surface area contributed by atoms with Gasteiger partial charge in [0.2, 0.25) is 0 Å². The summed E-state index contributed by atoms with van der Waals surface area (Å²) in [7, 11) is 0. The van der Waals surface area contributed by atoms with Gasteiger partial charge in [-0.1, -0.05) is 51.1 Å². The van der Waals surface area contributed by atoms with Crippen LogP contribution in [-0.2, 0) is 10.2 Å². The van der Waals surface area contributed by atoms with Gasteiger partial charge in [0.25, 0.3) is 11.8 Å². The number of anilines is 2. The maximum Gasteiger partial charge on any atom is 0.262 e. The van der Waals surface area contributed by atoms with Crippen LogP contribution in [-0.4, -0.2) is 18.4 Å². The number of benzene rings is 3. The topological polar surface area (TPSA) is 67.4 Å². The Morgan fingerprint density at radius 3 is 2.19 bits per heavy atom. The maximum absolute atomic E-state index is 12.3. The third kappa shape index (κ3) is 6.43. The van der Waals surface area contributed by atoms with Crippen LogP contribution >= 0.6 is 15.9 Å². The Bertz CT molecular complexity index is 1080. The second-order valence-electron chi connectivity index (χ2n) is 8.13. The molecule has 0 saturated heterocycles. The molecule has 2 amide bonds. The molecule has 0 heterocycles. The molecule has 0 aliphatic rings. The number of amides is 2. The first-order chi connectivity index (χ1) is 14.7. The molecule has 0 atom stereocenters. The lowest BCUT2D eigenvalue weighted by molar-refractivity contribution is -0.118. The smallest absolute Gasteiger partial charge is 0.262 e. The fourth-order valence-electron chi connectivity index (χ4n) is 2.89. The molecule has 5 nitrogen and oxygen atoms in total. The van der Waals surface area contributed by atoms with E-state index in [2.05, 4.69) is 47.3 Å². The second-order valence-corrected chi connectivity index (χ2v) is 8.99. The van der Waals surface area contributed by atoms with Crippen LogP contribution in [0.4, 0.5) is 11.4 Å². The van der Waals surface area contributed by atoms with Gasteiger partial charge in [-0.05, 0) is 69.4 Å². The zero-order valence-electron chi connectivity index (χ0n) is 17.7. The fourth-order valence-corrected chi connectivity index (χ4v) is 3.39. The number of hydrogen-bond acceptors (Lipinski definition) is 3. The third-order valence-corrected chi connectivity index (χ3v) is 5.22. The van der Waals surface area contributed by atoms with Crippen molar-refractivity contribution in [2.24, 2.45) is 0 Å². The Kier molecular flexibility index (Phi) is 7.13. The first-order valence-electron chi connectivity index (χ1n) is 9.91. The highest BCUT2D eigenvalue weighted by atomic mass is 79.9. The minimum atomic E-state index is -0.293. The molecule has 0 unspecified atom stereocenters. The Morgan fingerprint density at radius 1 is 0.871 bits per heavy atom. The molecule has 0 aliphatic carbocycles. The molecule has 160 valence electrons. The molecule has 0 aromatic heterocycles. The zero-order chi connectivity index (χ0) is 22.4. The van der Waals surface area contributed by atoms with Crippen molar-refractivity contribution in [3.8, 4) is 5.75 Å². The van der Waals surface area contributed by atoms with Gasteiger partial charge in [0.1, 0.15) is 5.75 Å². The Labute approximate surface area is 191 Å². The summed E-state index contributed by atoms with van der Waals surface area (Å²) >= 11 is 3.51. The number of rotatable bonds is 6. The Balaban J connectivity index is 1.57. The molecule has 31 heavy (non-hydrogen) atoms. The Hall–Kier alpha value is -3.12. The quantitative estimate of drug-likeness (QED) is 0.453. The molecule has 0 saturated carbocycles. The van der Waals surface area contributed by atoms with E-state index in [9.17, 15) is 9.59 Å². The summed E-state index contributed by atoms with van der Waals surface area (Å²) in [6, 6.07) is 21.8. The number of carbonyl (C=O) groups excluding carboxylic acids is 2. The van der Waals surface area contributed by atoms with Gasteiger partial charge in [-0.2, -0.15) is 0 Å². The van der Waals surface area contributed by atoms with E-state index in [1.165, 1.54) is 5.56 Å². The van der Waals surface area contributed by atoms with Gasteiger partial charge in [0.05, 0.1) is 4.47 Å². The van der Waals surface area contributed by atoms with Crippen LogP contribution in [0.1, 0.15) is 36.7 Å². The lowest BCUT2D eigenvalue weighted by Gasteiger charge is -2.20. The average Bonchev–Trinajstić information content (AvgIpc) is 2.73. The molecule has 3 aromatic rings. The molecular weight excluding hydrogens is 456 g/mol. The van der Waals surface area contributed by atoms with Crippen molar-refractivity contribution in [2.45, 2.75) is 26.2 Å². The third-order valence-electron chi connectivity index (χ3n) is 4.60. The summed E-state index contributed by atoms with van der Waals surface area (Å²) in [6.07, 6.45) is 0. The zero-order valence-corrected chi connectivity index (χ0v) is 19.3. The highest BCUT2D eigenvalue weighted by Gasteiger charge is 2.16. The normalized spacial score (nSPS) is 11.0. The number of nitrogens with one attached hydrogen (secondary N) is 2. The average molecular weight is 481 g/mol. The summed E-state index contributed by atoms with van der Waals surface area (Å²) in [5.41, 5.74) is 2.92. The van der Waals surface area contributed by atoms with E-state index >= 15 is 0 Å². The van der Waals surface area contributed by atoms with Crippen molar-refractivity contribution in [3.05, 3.63) is 88.4 Å².